The van der Waals surface area contributed by atoms with Gasteiger partial charge in [-0.1, -0.05) is 53.4 Å². The molecule has 0 heterocycles. The van der Waals surface area contributed by atoms with Gasteiger partial charge in [0.2, 0.25) is 0 Å². The quantitative estimate of drug-likeness (QED) is 0.563. The Hall–Kier alpha value is -0.310. The fraction of sp³-hybridized carbons (Fsp3) is 0.200. The minimum Gasteiger partial charge on any atom is -0.0944 e. The van der Waals surface area contributed by atoms with E-state index in [9.17, 15) is 0 Å². The van der Waals surface area contributed by atoms with Gasteiger partial charge in [-0.25, -0.2) is 0 Å². The molecule has 0 amide bonds. The molecule has 0 aromatic heterocycles. The van der Waals surface area contributed by atoms with Crippen LogP contribution in [0.5, 0.6) is 0 Å². The first-order chi connectivity index (χ1) is 5.25. The molecular weight excluding hydrogens is 247 g/mol. The fourth-order valence-corrected chi connectivity index (χ4v) is 1.45. The topological polar surface area (TPSA) is 0 Å². The maximum Gasteiger partial charge on any atom is 0.0247 e. The Morgan fingerprint density at radius 2 is 2.09 bits per heavy atom. The second-order valence-electron chi connectivity index (χ2n) is 2.55. The maximum absolute atomic E-state index is 4.00. The molecule has 0 nitrogen and oxygen atoms in total. The van der Waals surface area contributed by atoms with Crippen molar-refractivity contribution >= 4 is 28.2 Å². The molecule has 0 fully saturated rings. The second-order valence-corrected chi connectivity index (χ2v) is 3.31. The number of halogens is 1. The summed E-state index contributed by atoms with van der Waals surface area (Å²) in [5.74, 6) is 0. The van der Waals surface area contributed by atoms with Gasteiger partial charge in [-0.2, -0.15) is 0 Å². The van der Waals surface area contributed by atoms with Crippen LogP contribution in [0, 0.1) is 6.92 Å². The molecule has 0 N–H and O–H groups in total. The average molecular weight is 258 g/mol. The Balaban J connectivity index is 3.03. The Bertz CT molecular complexity index is 263. The third-order valence-electron chi connectivity index (χ3n) is 1.69. The predicted molar refractivity (Wildman–Crippen MR) is 59.1 cm³/mol. The summed E-state index contributed by atoms with van der Waals surface area (Å²) in [6, 6.07) is 8.35. The highest BCUT2D eigenvalue weighted by atomic mass is 127. The van der Waals surface area contributed by atoms with Crippen molar-refractivity contribution in [3.8, 4) is 0 Å². The monoisotopic (exact) mass is 258 g/mol. The van der Waals surface area contributed by atoms with E-state index < -0.39 is 0 Å². The summed E-state index contributed by atoms with van der Waals surface area (Å²) in [4.78, 5) is 0. The smallest absolute Gasteiger partial charge is 0.0247 e. The Morgan fingerprint density at radius 1 is 1.45 bits per heavy atom. The first-order valence-electron chi connectivity index (χ1n) is 3.55. The van der Waals surface area contributed by atoms with E-state index in [2.05, 4.69) is 60.4 Å². The lowest BCUT2D eigenvalue weighted by molar-refractivity contribution is 1.42. The van der Waals surface area contributed by atoms with Gasteiger partial charge in [0.15, 0.2) is 0 Å². The maximum atomic E-state index is 4.00. The second kappa shape index (κ2) is 3.90. The van der Waals surface area contributed by atoms with Crippen molar-refractivity contribution in [2.45, 2.75) is 6.92 Å². The van der Waals surface area contributed by atoms with Gasteiger partial charge in [0.05, 0.1) is 0 Å². The highest BCUT2D eigenvalue weighted by Crippen LogP contribution is 2.18. The zero-order valence-corrected chi connectivity index (χ0v) is 8.76. The summed E-state index contributed by atoms with van der Waals surface area (Å²) < 4.78 is 1.00. The molecule has 1 heteroatoms. The molecule has 58 valence electrons. The van der Waals surface area contributed by atoms with E-state index in [-0.39, 0.29) is 0 Å². The van der Waals surface area contributed by atoms with Gasteiger partial charge in [-0.05, 0) is 23.6 Å². The molecule has 1 aromatic carbocycles. The van der Waals surface area contributed by atoms with Gasteiger partial charge in [0.1, 0.15) is 0 Å². The Morgan fingerprint density at radius 3 is 2.64 bits per heavy atom. The van der Waals surface area contributed by atoms with Gasteiger partial charge in [0.25, 0.3) is 0 Å². The molecule has 0 saturated heterocycles. The van der Waals surface area contributed by atoms with Gasteiger partial charge in [-0.3, -0.25) is 0 Å². The predicted octanol–water partition coefficient (Wildman–Crippen LogP) is 3.44. The summed E-state index contributed by atoms with van der Waals surface area (Å²) in [7, 11) is 0. The van der Waals surface area contributed by atoms with E-state index in [1.807, 2.05) is 0 Å². The zero-order chi connectivity index (χ0) is 8.27. The van der Waals surface area contributed by atoms with E-state index in [1.165, 1.54) is 16.7 Å². The lowest BCUT2D eigenvalue weighted by Crippen LogP contribution is -1.86. The fourth-order valence-electron chi connectivity index (χ4n) is 1.04. The molecule has 0 spiro atoms. The minimum absolute atomic E-state index is 1.00. The lowest BCUT2D eigenvalue weighted by atomic mass is 10.0. The summed E-state index contributed by atoms with van der Waals surface area (Å²) >= 11 is 2.33. The van der Waals surface area contributed by atoms with Crippen LogP contribution in [0.15, 0.2) is 30.8 Å². The van der Waals surface area contributed by atoms with Crippen LogP contribution in [-0.2, 0) is 0 Å². The van der Waals surface area contributed by atoms with Crippen LogP contribution in [0.4, 0.5) is 0 Å². The van der Waals surface area contributed by atoms with Gasteiger partial charge >= 0.3 is 0 Å². The normalized spacial score (nSPS) is 9.64. The number of hydrogen-bond donors (Lipinski definition) is 0. The van der Waals surface area contributed by atoms with Crippen LogP contribution < -0.4 is 0 Å². The van der Waals surface area contributed by atoms with Crippen LogP contribution in [0.3, 0.4) is 0 Å². The van der Waals surface area contributed by atoms with Crippen LogP contribution in [0.2, 0.25) is 0 Å². The highest BCUT2D eigenvalue weighted by Gasteiger charge is 1.98. The molecule has 0 aliphatic heterocycles. The van der Waals surface area contributed by atoms with Gasteiger partial charge in [-0.15, -0.1) is 0 Å². The van der Waals surface area contributed by atoms with E-state index in [4.69, 9.17) is 0 Å². The van der Waals surface area contributed by atoms with Crippen molar-refractivity contribution < 1.29 is 0 Å². The average Bonchev–Trinajstić information content (AvgIpc) is 2.04. The van der Waals surface area contributed by atoms with Crippen molar-refractivity contribution in [3.05, 3.63) is 42.0 Å². The number of alkyl halides is 1. The molecule has 0 saturated carbocycles. The highest BCUT2D eigenvalue weighted by molar-refractivity contribution is 14.1. The van der Waals surface area contributed by atoms with Crippen molar-refractivity contribution in [1.82, 2.24) is 0 Å². The third-order valence-corrected chi connectivity index (χ3v) is 2.61. The van der Waals surface area contributed by atoms with Crippen LogP contribution in [0.1, 0.15) is 11.1 Å². The molecule has 1 rings (SSSR count). The van der Waals surface area contributed by atoms with Crippen LogP contribution >= 0.6 is 22.6 Å². The summed E-state index contributed by atoms with van der Waals surface area (Å²) in [6.07, 6.45) is 0. The van der Waals surface area contributed by atoms with Gasteiger partial charge < -0.3 is 0 Å². The van der Waals surface area contributed by atoms with E-state index >= 15 is 0 Å². The number of allylic oxidation sites excluding steroid dienone is 1. The largest absolute Gasteiger partial charge is 0.0944 e. The molecule has 0 unspecified atom stereocenters. The first kappa shape index (κ1) is 8.78. The Labute approximate surface area is 81.5 Å². The molecule has 0 bridgehead atoms. The Kier molecular flexibility index (Phi) is 3.12. The van der Waals surface area contributed by atoms with E-state index in [0.717, 1.165) is 4.43 Å². The molecule has 0 aliphatic rings. The van der Waals surface area contributed by atoms with Gasteiger partial charge in [0, 0.05) is 4.43 Å². The summed E-state index contributed by atoms with van der Waals surface area (Å²) in [5.41, 5.74) is 3.82. The molecule has 0 atom stereocenters. The molecule has 11 heavy (non-hydrogen) atoms. The van der Waals surface area contributed by atoms with E-state index in [1.54, 1.807) is 0 Å². The van der Waals surface area contributed by atoms with Crippen LogP contribution in [-0.4, -0.2) is 4.43 Å². The minimum atomic E-state index is 1.00. The summed E-state index contributed by atoms with van der Waals surface area (Å²) in [6.45, 7) is 6.11. The molecule has 0 radical (unpaired) electrons. The van der Waals surface area contributed by atoms with Crippen molar-refractivity contribution in [2.24, 2.45) is 0 Å². The van der Waals surface area contributed by atoms with Crippen LogP contribution in [0.25, 0.3) is 5.57 Å². The third kappa shape index (κ3) is 2.06. The zero-order valence-electron chi connectivity index (χ0n) is 6.60. The number of hydrogen-bond acceptors (Lipinski definition) is 0. The van der Waals surface area contributed by atoms with Crippen molar-refractivity contribution in [2.75, 3.05) is 4.43 Å². The van der Waals surface area contributed by atoms with E-state index in [0.29, 0.717) is 0 Å². The standard InChI is InChI=1S/C10H11I/c1-8-5-3-4-6-10(8)9(2)7-11/h3-6H,2,7H2,1H3. The molecule has 1 aromatic rings. The van der Waals surface area contributed by atoms with Crippen molar-refractivity contribution in [1.29, 1.82) is 0 Å². The number of benzene rings is 1. The number of aryl methyl sites for hydroxylation is 1. The summed E-state index contributed by atoms with van der Waals surface area (Å²) in [5, 5.41) is 0. The number of rotatable bonds is 2. The SMILES string of the molecule is C=C(CI)c1ccccc1C. The lowest BCUT2D eigenvalue weighted by Gasteiger charge is -2.04. The van der Waals surface area contributed by atoms with Crippen molar-refractivity contribution in [3.63, 3.8) is 0 Å². The molecule has 0 aliphatic carbocycles. The molecular formula is C10H11I. The first-order valence-corrected chi connectivity index (χ1v) is 5.08.